The summed E-state index contributed by atoms with van der Waals surface area (Å²) in [7, 11) is 0. The minimum atomic E-state index is 0.504. The van der Waals surface area contributed by atoms with Crippen molar-refractivity contribution in [1.29, 1.82) is 0 Å². The second kappa shape index (κ2) is 1.76. The summed E-state index contributed by atoms with van der Waals surface area (Å²) in [5.74, 6) is 1.54. The van der Waals surface area contributed by atoms with Crippen LogP contribution in [-0.4, -0.2) is 0 Å². The molecule has 0 nitrogen and oxygen atoms in total. The molecule has 1 aliphatic rings. The van der Waals surface area contributed by atoms with Crippen molar-refractivity contribution in [2.45, 2.75) is 20.8 Å². The molecule has 2 unspecified atom stereocenters. The molecule has 61 valence electrons. The number of hydrogen-bond donors (Lipinski definition) is 0. The molecule has 0 aromatic carbocycles. The Morgan fingerprint density at radius 2 is 2.00 bits per heavy atom. The average Bonchev–Trinajstić information content (AvgIpc) is 2.17. The van der Waals surface area contributed by atoms with Crippen LogP contribution in [0.5, 0.6) is 0 Å². The van der Waals surface area contributed by atoms with Crippen LogP contribution in [0, 0.1) is 17.3 Å². The van der Waals surface area contributed by atoms with Crippen LogP contribution in [0.3, 0.4) is 0 Å². The van der Waals surface area contributed by atoms with Crippen molar-refractivity contribution in [2.75, 3.05) is 0 Å². The van der Waals surface area contributed by atoms with Gasteiger partial charge in [-0.25, -0.2) is 0 Å². The van der Waals surface area contributed by atoms with E-state index in [9.17, 15) is 0 Å². The Balaban J connectivity index is 2.58. The predicted molar refractivity (Wildman–Crippen MR) is 40.4 cm³/mol. The van der Waals surface area contributed by atoms with Gasteiger partial charge in [-0.2, -0.15) is 0 Å². The Bertz CT molecular complexity index is 168. The van der Waals surface area contributed by atoms with Gasteiger partial charge in [-0.1, -0.05) is 0 Å². The van der Waals surface area contributed by atoms with E-state index in [2.05, 4.69) is 26.8 Å². The summed E-state index contributed by atoms with van der Waals surface area (Å²) in [6.07, 6.45) is 2.19. The molecule has 1 rings (SSSR count). The molecule has 1 aliphatic carbocycles. The van der Waals surface area contributed by atoms with Crippen molar-refractivity contribution in [1.82, 2.24) is 0 Å². The molecule has 1 saturated carbocycles. The second-order valence-electron chi connectivity index (χ2n) is 3.56. The normalized spacial score (nSPS) is 38.0. The van der Waals surface area contributed by atoms with Crippen molar-refractivity contribution in [3.05, 3.63) is 11.6 Å². The van der Waals surface area contributed by atoms with E-state index in [-0.39, 0.29) is 0 Å². The van der Waals surface area contributed by atoms with Crippen LogP contribution in [0.1, 0.15) is 20.8 Å². The van der Waals surface area contributed by atoms with Gasteiger partial charge in [0.25, 0.3) is 0 Å². The van der Waals surface area contributed by atoms with E-state index in [1.807, 2.05) is 0 Å². The molecule has 0 saturated heterocycles. The summed E-state index contributed by atoms with van der Waals surface area (Å²) in [5, 5.41) is 0. The van der Waals surface area contributed by atoms with Gasteiger partial charge in [-0.3, -0.25) is 0 Å². The van der Waals surface area contributed by atoms with Crippen LogP contribution in [0.15, 0.2) is 11.6 Å². The molecular formula is C8H12CfCl. The molecule has 1 fully saturated rings. The average molecular weight is 395 g/mol. The van der Waals surface area contributed by atoms with E-state index >= 15 is 0 Å². The fourth-order valence-corrected chi connectivity index (χ4v) is 2.03. The van der Waals surface area contributed by atoms with Gasteiger partial charge < -0.3 is 0 Å². The third-order valence-corrected chi connectivity index (χ3v) is 3.32. The SMILES string of the molecule is CC1C(/C=[C](\Cl)[Cf])C1(C)C. The second-order valence-corrected chi connectivity index (χ2v) is 6.15. The van der Waals surface area contributed by atoms with Crippen molar-refractivity contribution in [3.63, 3.8) is 0 Å². The van der Waals surface area contributed by atoms with Gasteiger partial charge in [0.1, 0.15) is 0 Å². The van der Waals surface area contributed by atoms with Crippen LogP contribution in [0.25, 0.3) is 0 Å². The van der Waals surface area contributed by atoms with E-state index in [1.54, 1.807) is 0 Å². The predicted octanol–water partition coefficient (Wildman–Crippen LogP) is 2.91. The maximum absolute atomic E-state index is 5.79. The fourth-order valence-electron chi connectivity index (χ4n) is 1.42. The number of hydrogen-bond acceptors (Lipinski definition) is 0. The van der Waals surface area contributed by atoms with Gasteiger partial charge in [-0.15, -0.1) is 0 Å². The summed E-state index contributed by atoms with van der Waals surface area (Å²) < 4.78 is 1.64. The van der Waals surface area contributed by atoms with Gasteiger partial charge in [0, 0.05) is 0 Å². The Labute approximate surface area is 61.9 Å². The van der Waals surface area contributed by atoms with E-state index in [0.29, 0.717) is 5.41 Å². The third-order valence-electron chi connectivity index (χ3n) is 2.76. The Kier molecular flexibility index (Phi) is 1.25. The van der Waals surface area contributed by atoms with Crippen LogP contribution >= 0.6 is 11.6 Å². The standard InChI is InChI=1S/C8H12Cl.Cf/c1-6-7(4-5-9)8(6,2)3;/h4,6-7H,1-3H3;. The number of halogens is 1. The van der Waals surface area contributed by atoms with E-state index < -0.39 is 0 Å². The van der Waals surface area contributed by atoms with Crippen molar-refractivity contribution < 1.29 is 0 Å². The zero-order valence-electron chi connectivity index (χ0n) is 6.43. The van der Waals surface area contributed by atoms with Gasteiger partial charge in [0.2, 0.25) is 0 Å². The van der Waals surface area contributed by atoms with Crippen LogP contribution in [0.2, 0.25) is 0 Å². The van der Waals surface area contributed by atoms with E-state index in [0.717, 1.165) is 17.4 Å². The van der Waals surface area contributed by atoms with Gasteiger partial charge in [0.05, 0.1) is 0 Å². The molecule has 0 heterocycles. The van der Waals surface area contributed by atoms with Gasteiger partial charge in [-0.05, 0) is 0 Å². The van der Waals surface area contributed by atoms with Gasteiger partial charge in [0.15, 0.2) is 0 Å². The molecular weight excluding hydrogens is 383 g/mol. The van der Waals surface area contributed by atoms with Crippen molar-refractivity contribution in [3.8, 4) is 0 Å². The van der Waals surface area contributed by atoms with Crippen LogP contribution < -0.4 is 0 Å². The summed E-state index contributed by atoms with van der Waals surface area (Å²) in [5.41, 5.74) is 1.48. The quantitative estimate of drug-likeness (QED) is 0.642. The Morgan fingerprint density at radius 3 is 2.10 bits per heavy atom. The molecule has 0 aromatic heterocycles. The molecule has 0 radical (unpaired) electrons. The molecule has 10 heavy (non-hydrogen) atoms. The molecule has 0 aliphatic heterocycles. The Morgan fingerprint density at radius 1 is 1.60 bits per heavy atom. The molecule has 0 aromatic rings. The van der Waals surface area contributed by atoms with Crippen LogP contribution in [0.4, 0.5) is 0 Å². The summed E-state index contributed by atoms with van der Waals surface area (Å²) in [6, 6.07) is 0. The first-order chi connectivity index (χ1) is 4.46. The number of rotatable bonds is 1. The molecule has 0 amide bonds. The molecule has 0 spiro atoms. The van der Waals surface area contributed by atoms with Crippen LogP contribution in [-0.2, 0) is 0 Å². The zero-order valence-corrected chi connectivity index (χ0v) is 9.82. The first-order valence-electron chi connectivity index (χ1n) is 3.46. The van der Waals surface area contributed by atoms with Gasteiger partial charge >= 0.3 is 61.2 Å². The molecule has 2 heteroatoms. The maximum atomic E-state index is 5.79. The third kappa shape index (κ3) is 0.881. The summed E-state index contributed by atoms with van der Waals surface area (Å²) >= 11 is 5.79. The molecule has 0 N–H and O–H groups in total. The number of allylic oxidation sites excluding steroid dienone is 1. The van der Waals surface area contributed by atoms with E-state index in [4.69, 9.17) is 11.6 Å². The minimum absolute atomic E-state index is 0.504. The molecule has 2 atom stereocenters. The Hall–Kier alpha value is -0.970. The zero-order chi connectivity index (χ0) is 7.94. The van der Waals surface area contributed by atoms with E-state index in [1.165, 1.54) is 0 Å². The topological polar surface area (TPSA) is 0 Å². The summed E-state index contributed by atoms with van der Waals surface area (Å²) in [6.45, 7) is 6.87. The van der Waals surface area contributed by atoms with Crippen molar-refractivity contribution >= 4 is 11.6 Å². The van der Waals surface area contributed by atoms with Crippen molar-refractivity contribution in [2.24, 2.45) is 17.3 Å². The summed E-state index contributed by atoms with van der Waals surface area (Å²) in [4.78, 5) is 0. The fraction of sp³-hybridized carbons (Fsp3) is 0.750. The first-order valence-corrected chi connectivity index (χ1v) is 5.15. The molecule has 0 bridgehead atoms. The monoisotopic (exact) mass is 392 g/mol. The first kappa shape index (κ1) is 7.14.